The van der Waals surface area contributed by atoms with E-state index >= 15 is 0 Å². The second kappa shape index (κ2) is 18.4. The Kier molecular flexibility index (Phi) is 12.6. The Morgan fingerprint density at radius 1 is 0.923 bits per heavy atom. The fraction of sp³-hybridized carbons (Fsp3) is 0.149. The molecule has 3 unspecified atom stereocenters. The molecule has 6 aromatic carbocycles. The van der Waals surface area contributed by atoms with Gasteiger partial charge in [0.15, 0.2) is 4.90 Å². The van der Waals surface area contributed by atoms with Gasteiger partial charge in [0, 0.05) is 24.6 Å². The first-order valence-electron chi connectivity index (χ1n) is 19.9. The molecule has 0 aliphatic carbocycles. The number of nitro groups is 1. The summed E-state index contributed by atoms with van der Waals surface area (Å²) >= 11 is 12.1. The van der Waals surface area contributed by atoms with Crippen molar-refractivity contribution in [2.45, 2.75) is 49.1 Å². The SMILES string of the molecule is N#Cc1ccc(-c2ccc(CC(NC(=O)C3Cc4cc5c(cc4CN3S(=O)(=O)c3ccccc3[N+](=O)[O-])OC(c3ccc(OCc4ccc(Cl)c(Cl)c4)cc3)C(=O)N5)C(=O)O)cc2)cc1. The largest absolute Gasteiger partial charge is 0.489 e. The molecule has 65 heavy (non-hydrogen) atoms. The first kappa shape index (κ1) is 44.3. The van der Waals surface area contributed by atoms with Crippen LogP contribution in [0.4, 0.5) is 11.4 Å². The smallest absolute Gasteiger partial charge is 0.326 e. The van der Waals surface area contributed by atoms with Crippen LogP contribution in [0.5, 0.6) is 11.5 Å². The van der Waals surface area contributed by atoms with E-state index in [9.17, 15) is 38.0 Å². The summed E-state index contributed by atoms with van der Waals surface area (Å²) in [5, 5.41) is 37.6. The molecule has 2 aliphatic rings. The first-order chi connectivity index (χ1) is 31.2. The standard InChI is InChI=1S/C47H35Cl2N5O10S/c48-36-18-9-29(19-37(36)49)26-63-35-16-14-32(15-17-35)44-46(56)51-38-21-33-22-41(53(25-34(33)23-42(38)64-44)65(61,62)43-4-2-1-3-40(43)54(59)60)45(55)52-39(47(57)58)20-27-5-10-30(11-6-27)31-12-7-28(24-50)8-13-31/h1-19,21,23,39,41,44H,20,22,25-26H2,(H,51,56)(H,52,55)(H,57,58). The third-order valence-electron chi connectivity index (χ3n) is 11.0. The van der Waals surface area contributed by atoms with E-state index in [-0.39, 0.29) is 30.9 Å². The van der Waals surface area contributed by atoms with Crippen molar-refractivity contribution in [3.63, 3.8) is 0 Å². The van der Waals surface area contributed by atoms with E-state index in [1.165, 1.54) is 12.1 Å². The summed E-state index contributed by atoms with van der Waals surface area (Å²) in [6.07, 6.45) is -1.57. The quantitative estimate of drug-likeness (QED) is 0.0744. The predicted molar refractivity (Wildman–Crippen MR) is 239 cm³/mol. The summed E-state index contributed by atoms with van der Waals surface area (Å²) in [5.74, 6) is -2.12. The minimum atomic E-state index is -4.81. The van der Waals surface area contributed by atoms with Crippen LogP contribution in [0.15, 0.2) is 132 Å². The van der Waals surface area contributed by atoms with Crippen LogP contribution in [0.2, 0.25) is 10.0 Å². The van der Waals surface area contributed by atoms with Crippen LogP contribution in [-0.2, 0) is 50.4 Å². The summed E-state index contributed by atoms with van der Waals surface area (Å²) < 4.78 is 41.9. The Morgan fingerprint density at radius 2 is 1.60 bits per heavy atom. The predicted octanol–water partition coefficient (Wildman–Crippen LogP) is 8.02. The molecule has 0 saturated heterocycles. The van der Waals surface area contributed by atoms with E-state index in [4.69, 9.17) is 37.9 Å². The molecule has 328 valence electrons. The topological polar surface area (TPSA) is 218 Å². The van der Waals surface area contributed by atoms with Gasteiger partial charge in [0.1, 0.15) is 30.2 Å². The lowest BCUT2D eigenvalue weighted by Gasteiger charge is -2.36. The minimum absolute atomic E-state index is 0.165. The molecule has 6 aromatic rings. The number of halogens is 2. The molecule has 8 rings (SSSR count). The Bertz CT molecular complexity index is 3020. The second-order valence-electron chi connectivity index (χ2n) is 15.2. The molecular formula is C47H35Cl2N5O10S. The summed E-state index contributed by atoms with van der Waals surface area (Å²) in [6, 6.07) is 32.5. The third kappa shape index (κ3) is 9.49. The lowest BCUT2D eigenvalue weighted by Crippen LogP contribution is -2.55. The van der Waals surface area contributed by atoms with Crippen molar-refractivity contribution in [3.8, 4) is 28.7 Å². The van der Waals surface area contributed by atoms with Gasteiger partial charge >= 0.3 is 5.97 Å². The van der Waals surface area contributed by atoms with E-state index in [1.54, 1.807) is 103 Å². The van der Waals surface area contributed by atoms with Crippen LogP contribution in [0.1, 0.15) is 39.5 Å². The van der Waals surface area contributed by atoms with Gasteiger partial charge in [-0.2, -0.15) is 9.57 Å². The number of nitrogens with zero attached hydrogens (tertiary/aromatic N) is 3. The number of para-hydroxylation sites is 1. The molecule has 3 atom stereocenters. The highest BCUT2D eigenvalue weighted by molar-refractivity contribution is 7.89. The molecule has 3 N–H and O–H groups in total. The number of aliphatic carboxylic acids is 1. The molecule has 2 aliphatic heterocycles. The van der Waals surface area contributed by atoms with E-state index in [0.717, 1.165) is 33.1 Å². The zero-order valence-corrected chi connectivity index (χ0v) is 36.1. The molecule has 0 aromatic heterocycles. The summed E-state index contributed by atoms with van der Waals surface area (Å²) in [5.41, 5.74) is 4.35. The molecule has 2 amide bonds. The van der Waals surface area contributed by atoms with Crippen LogP contribution < -0.4 is 20.1 Å². The van der Waals surface area contributed by atoms with Crippen molar-refractivity contribution in [2.75, 3.05) is 5.32 Å². The van der Waals surface area contributed by atoms with Crippen LogP contribution in [-0.4, -0.2) is 52.6 Å². The highest BCUT2D eigenvalue weighted by Gasteiger charge is 2.44. The normalized spacial score (nSPS) is 16.1. The van der Waals surface area contributed by atoms with Gasteiger partial charge in [-0.15, -0.1) is 0 Å². The summed E-state index contributed by atoms with van der Waals surface area (Å²) in [7, 11) is -4.81. The number of ether oxygens (including phenoxy) is 2. The van der Waals surface area contributed by atoms with Crippen molar-refractivity contribution in [2.24, 2.45) is 0 Å². The Hall–Kier alpha value is -7.29. The number of fused-ring (bicyclic) bond motifs is 2. The van der Waals surface area contributed by atoms with Crippen molar-refractivity contribution < 1.29 is 42.3 Å². The lowest BCUT2D eigenvalue weighted by atomic mass is 9.93. The number of carboxylic acid groups (broad SMARTS) is 1. The number of benzene rings is 6. The molecular weight excluding hydrogens is 898 g/mol. The molecule has 0 fully saturated rings. The number of sulfonamides is 1. The van der Waals surface area contributed by atoms with Gasteiger partial charge in [0.2, 0.25) is 12.0 Å². The maximum Gasteiger partial charge on any atom is 0.326 e. The molecule has 0 bridgehead atoms. The number of carbonyl (C=O) groups excluding carboxylic acids is 2. The highest BCUT2D eigenvalue weighted by Crippen LogP contribution is 2.41. The van der Waals surface area contributed by atoms with Gasteiger partial charge in [-0.25, -0.2) is 13.2 Å². The number of nitrogens with one attached hydrogen (secondary N) is 2. The number of anilines is 1. The molecule has 15 nitrogen and oxygen atoms in total. The molecule has 0 radical (unpaired) electrons. The van der Waals surface area contributed by atoms with Crippen LogP contribution >= 0.6 is 23.2 Å². The highest BCUT2D eigenvalue weighted by atomic mass is 35.5. The molecule has 0 spiro atoms. The third-order valence-corrected chi connectivity index (χ3v) is 13.7. The second-order valence-corrected chi connectivity index (χ2v) is 17.9. The van der Waals surface area contributed by atoms with Gasteiger partial charge in [-0.3, -0.25) is 19.7 Å². The monoisotopic (exact) mass is 931 g/mol. The maximum absolute atomic E-state index is 14.5. The maximum atomic E-state index is 14.5. The molecule has 18 heteroatoms. The van der Waals surface area contributed by atoms with Gasteiger partial charge < -0.3 is 25.2 Å². The van der Waals surface area contributed by atoms with Crippen LogP contribution in [0, 0.1) is 21.4 Å². The fourth-order valence-corrected chi connectivity index (χ4v) is 9.67. The lowest BCUT2D eigenvalue weighted by molar-refractivity contribution is -0.387. The summed E-state index contributed by atoms with van der Waals surface area (Å²) in [4.78, 5) is 50.9. The number of amides is 2. The van der Waals surface area contributed by atoms with Crippen molar-refractivity contribution in [3.05, 3.63) is 181 Å². The Balaban J connectivity index is 1.04. The first-order valence-corrected chi connectivity index (χ1v) is 22.1. The van der Waals surface area contributed by atoms with E-state index in [1.807, 2.05) is 0 Å². The van der Waals surface area contributed by atoms with Crippen LogP contribution in [0.3, 0.4) is 0 Å². The van der Waals surface area contributed by atoms with E-state index in [0.29, 0.717) is 43.6 Å². The number of rotatable bonds is 13. The minimum Gasteiger partial charge on any atom is -0.489 e. The van der Waals surface area contributed by atoms with Crippen molar-refractivity contribution in [1.29, 1.82) is 5.26 Å². The van der Waals surface area contributed by atoms with Crippen LogP contribution in [0.25, 0.3) is 11.1 Å². The van der Waals surface area contributed by atoms with Gasteiger partial charge in [-0.1, -0.05) is 89.9 Å². The Labute approximate surface area is 381 Å². The fourth-order valence-electron chi connectivity index (χ4n) is 7.62. The van der Waals surface area contributed by atoms with Crippen molar-refractivity contribution in [1.82, 2.24) is 9.62 Å². The van der Waals surface area contributed by atoms with Gasteiger partial charge in [-0.05, 0) is 94.4 Å². The number of carbonyl (C=O) groups is 3. The van der Waals surface area contributed by atoms with E-state index in [2.05, 4.69) is 16.7 Å². The number of carboxylic acids is 1. The molecule has 2 heterocycles. The average Bonchev–Trinajstić information content (AvgIpc) is 3.30. The number of nitro benzene ring substituents is 1. The zero-order valence-electron chi connectivity index (χ0n) is 33.8. The average molecular weight is 933 g/mol. The molecule has 0 saturated carbocycles. The van der Waals surface area contributed by atoms with Crippen molar-refractivity contribution >= 4 is 62.4 Å². The van der Waals surface area contributed by atoms with E-state index < -0.39 is 68.0 Å². The number of hydrogen-bond acceptors (Lipinski definition) is 10. The Morgan fingerprint density at radius 3 is 2.26 bits per heavy atom. The van der Waals surface area contributed by atoms with Gasteiger partial charge in [0.05, 0.1) is 32.3 Å². The summed E-state index contributed by atoms with van der Waals surface area (Å²) in [6.45, 7) is -0.254. The number of nitriles is 1. The van der Waals surface area contributed by atoms with Gasteiger partial charge in [0.25, 0.3) is 21.6 Å². The number of hydrogen-bond donors (Lipinski definition) is 3. The zero-order chi connectivity index (χ0) is 46.0.